The van der Waals surface area contributed by atoms with Crippen molar-refractivity contribution in [2.24, 2.45) is 0 Å². The molecule has 0 spiro atoms. The fraction of sp³-hybridized carbons (Fsp3) is 0.424. The lowest BCUT2D eigenvalue weighted by atomic mass is 9.95. The molecule has 2 amide bonds. The third-order valence-electron chi connectivity index (χ3n) is 7.73. The summed E-state index contributed by atoms with van der Waals surface area (Å²) < 4.78 is 21.8. The van der Waals surface area contributed by atoms with Gasteiger partial charge in [-0.15, -0.1) is 11.3 Å². The molecular weight excluding hydrogens is 612 g/mol. The minimum Gasteiger partial charge on any atom is -0.493 e. The molecule has 2 aromatic carbocycles. The number of rotatable bonds is 13. The highest BCUT2D eigenvalue weighted by Gasteiger charge is 2.29. The molecule has 1 aliphatic carbocycles. The van der Waals surface area contributed by atoms with E-state index in [0.717, 1.165) is 29.5 Å². The zero-order valence-corrected chi connectivity index (χ0v) is 27.8. The number of hydrogen-bond donors (Lipinski definition) is 3. The molecule has 0 radical (unpaired) electrons. The van der Waals surface area contributed by atoms with Crippen LogP contribution in [0, 0.1) is 6.92 Å². The van der Waals surface area contributed by atoms with E-state index >= 15 is 0 Å². The van der Waals surface area contributed by atoms with E-state index in [4.69, 9.17) is 18.9 Å². The molecule has 46 heavy (non-hydrogen) atoms. The van der Waals surface area contributed by atoms with Crippen molar-refractivity contribution in [2.45, 2.75) is 58.4 Å². The van der Waals surface area contributed by atoms with E-state index in [1.54, 1.807) is 40.4 Å². The van der Waals surface area contributed by atoms with Crippen LogP contribution in [0.1, 0.15) is 71.6 Å². The van der Waals surface area contributed by atoms with Crippen molar-refractivity contribution in [1.82, 2.24) is 10.3 Å². The molecular formula is C33H40N4O8S. The molecule has 1 atom stereocenters. The second-order valence-electron chi connectivity index (χ2n) is 10.8. The van der Waals surface area contributed by atoms with Crippen LogP contribution in [0.25, 0.3) is 11.1 Å². The highest BCUT2D eigenvalue weighted by Crippen LogP contribution is 2.50. The molecule has 0 fully saturated rings. The van der Waals surface area contributed by atoms with Gasteiger partial charge in [0.05, 0.1) is 40.2 Å². The number of aromatic nitrogens is 1. The highest BCUT2D eigenvalue weighted by atomic mass is 32.1. The van der Waals surface area contributed by atoms with E-state index < -0.39 is 5.97 Å². The number of amides is 2. The van der Waals surface area contributed by atoms with Gasteiger partial charge in [0.25, 0.3) is 0 Å². The van der Waals surface area contributed by atoms with Crippen molar-refractivity contribution in [2.75, 3.05) is 45.6 Å². The number of carbonyl (C=O) groups is 3. The second kappa shape index (κ2) is 15.6. The van der Waals surface area contributed by atoms with Crippen molar-refractivity contribution < 1.29 is 33.3 Å². The standard InChI is InChI=1S/C33H40N4O8S/c1-18-29(32(41)45-6)37-33(46-18)36-27(40)10-8-7-9-15-34-24-14-12-21-22(17-25(24)39)23(35-19(2)38)13-11-20-16-26(42-3)30(43-4)31(44-5)28(20)21/h12,14,16-17,23H,7-11,13,15H2,1-6H3,(H,34,39)(H,35,38)(H,36,37,40)/t23-/m1/s1. The number of benzene rings is 1. The Morgan fingerprint density at radius 1 is 1.00 bits per heavy atom. The molecule has 1 heterocycles. The van der Waals surface area contributed by atoms with Gasteiger partial charge in [0.15, 0.2) is 22.3 Å². The average molecular weight is 653 g/mol. The van der Waals surface area contributed by atoms with Crippen LogP contribution in [0.15, 0.2) is 29.1 Å². The maximum absolute atomic E-state index is 13.5. The zero-order valence-electron chi connectivity index (χ0n) is 27.0. The summed E-state index contributed by atoms with van der Waals surface area (Å²) in [6, 6.07) is 6.74. The smallest absolute Gasteiger partial charge is 0.357 e. The minimum atomic E-state index is -0.538. The summed E-state index contributed by atoms with van der Waals surface area (Å²) in [5.41, 5.74) is 3.61. The molecule has 246 valence electrons. The van der Waals surface area contributed by atoms with E-state index in [1.807, 2.05) is 12.1 Å². The first-order chi connectivity index (χ1) is 22.1. The van der Waals surface area contributed by atoms with Gasteiger partial charge in [-0.05, 0) is 67.5 Å². The summed E-state index contributed by atoms with van der Waals surface area (Å²) in [5.74, 6) is 0.559. The Bertz CT molecular complexity index is 1670. The topological polar surface area (TPSA) is 154 Å². The number of nitrogens with zero attached hydrogens (tertiary/aromatic N) is 1. The van der Waals surface area contributed by atoms with Crippen LogP contribution >= 0.6 is 11.3 Å². The summed E-state index contributed by atoms with van der Waals surface area (Å²) in [4.78, 5) is 54.6. The van der Waals surface area contributed by atoms with Crippen LogP contribution in [0.2, 0.25) is 0 Å². The molecule has 0 aliphatic heterocycles. The normalized spacial score (nSPS) is 13.4. The van der Waals surface area contributed by atoms with Crippen molar-refractivity contribution in [3.8, 4) is 28.4 Å². The number of aryl methyl sites for hydroxylation is 2. The predicted octanol–water partition coefficient (Wildman–Crippen LogP) is 5.03. The number of methoxy groups -OCH3 is 4. The van der Waals surface area contributed by atoms with Gasteiger partial charge in [0.2, 0.25) is 23.0 Å². The number of carbonyl (C=O) groups excluding carboxylic acids is 3. The molecule has 13 heteroatoms. The number of unbranched alkanes of at least 4 members (excludes halogenated alkanes) is 2. The van der Waals surface area contributed by atoms with Crippen LogP contribution in [0.4, 0.5) is 10.8 Å². The summed E-state index contributed by atoms with van der Waals surface area (Å²) in [6.07, 6.45) is 3.62. The lowest BCUT2D eigenvalue weighted by Gasteiger charge is -2.19. The average Bonchev–Trinajstić information content (AvgIpc) is 3.23. The van der Waals surface area contributed by atoms with Crippen LogP contribution in [-0.4, -0.2) is 57.8 Å². The van der Waals surface area contributed by atoms with Crippen LogP contribution in [0.5, 0.6) is 17.2 Å². The third-order valence-corrected chi connectivity index (χ3v) is 8.62. The van der Waals surface area contributed by atoms with Crippen LogP contribution in [-0.2, 0) is 20.7 Å². The first-order valence-corrected chi connectivity index (χ1v) is 15.8. The molecule has 1 aliphatic rings. The van der Waals surface area contributed by atoms with Gasteiger partial charge in [0, 0.05) is 30.3 Å². The summed E-state index contributed by atoms with van der Waals surface area (Å²) in [5, 5.41) is 9.36. The fourth-order valence-corrected chi connectivity index (χ4v) is 6.40. The molecule has 0 bridgehead atoms. The molecule has 3 aromatic rings. The van der Waals surface area contributed by atoms with Gasteiger partial charge in [-0.25, -0.2) is 9.78 Å². The largest absolute Gasteiger partial charge is 0.493 e. The van der Waals surface area contributed by atoms with Gasteiger partial charge >= 0.3 is 5.97 Å². The molecule has 0 saturated carbocycles. The quantitative estimate of drug-likeness (QED) is 0.169. The number of thiazole rings is 1. The number of anilines is 2. The van der Waals surface area contributed by atoms with Crippen molar-refractivity contribution in [3.63, 3.8) is 0 Å². The predicted molar refractivity (Wildman–Crippen MR) is 176 cm³/mol. The van der Waals surface area contributed by atoms with Crippen molar-refractivity contribution in [1.29, 1.82) is 0 Å². The number of hydrogen-bond acceptors (Lipinski definition) is 11. The molecule has 4 rings (SSSR count). The Morgan fingerprint density at radius 2 is 1.76 bits per heavy atom. The maximum Gasteiger partial charge on any atom is 0.357 e. The van der Waals surface area contributed by atoms with Gasteiger partial charge in [0.1, 0.15) is 0 Å². The second-order valence-corrected chi connectivity index (χ2v) is 12.0. The van der Waals surface area contributed by atoms with Crippen LogP contribution < -0.4 is 35.6 Å². The zero-order chi connectivity index (χ0) is 33.4. The summed E-state index contributed by atoms with van der Waals surface area (Å²) >= 11 is 1.22. The van der Waals surface area contributed by atoms with Crippen molar-refractivity contribution >= 4 is 39.9 Å². The van der Waals surface area contributed by atoms with E-state index in [0.29, 0.717) is 70.7 Å². The van der Waals surface area contributed by atoms with E-state index in [-0.39, 0.29) is 29.0 Å². The molecule has 1 aromatic heterocycles. The molecule has 0 unspecified atom stereocenters. The summed E-state index contributed by atoms with van der Waals surface area (Å²) in [7, 11) is 5.96. The van der Waals surface area contributed by atoms with Gasteiger partial charge in [-0.2, -0.15) is 0 Å². The minimum absolute atomic E-state index is 0.185. The first-order valence-electron chi connectivity index (χ1n) is 15.0. The Morgan fingerprint density at radius 3 is 2.43 bits per heavy atom. The monoisotopic (exact) mass is 652 g/mol. The van der Waals surface area contributed by atoms with Gasteiger partial charge in [-0.3, -0.25) is 14.4 Å². The van der Waals surface area contributed by atoms with E-state index in [2.05, 4.69) is 20.9 Å². The van der Waals surface area contributed by atoms with Crippen molar-refractivity contribution in [3.05, 3.63) is 56.2 Å². The van der Waals surface area contributed by atoms with E-state index in [1.165, 1.54) is 25.4 Å². The number of esters is 1. The van der Waals surface area contributed by atoms with E-state index in [9.17, 15) is 19.2 Å². The third kappa shape index (κ3) is 7.76. The lowest BCUT2D eigenvalue weighted by Crippen LogP contribution is -2.26. The van der Waals surface area contributed by atoms with Gasteiger partial charge < -0.3 is 34.9 Å². The van der Waals surface area contributed by atoms with Crippen LogP contribution in [0.3, 0.4) is 0 Å². The Hall–Kier alpha value is -4.65. The van der Waals surface area contributed by atoms with Gasteiger partial charge in [-0.1, -0.05) is 12.5 Å². The Labute approximate surface area is 271 Å². The first kappa shape index (κ1) is 34.2. The maximum atomic E-state index is 13.5. The molecule has 3 N–H and O–H groups in total. The number of fused-ring (bicyclic) bond motifs is 3. The Kier molecular flexibility index (Phi) is 11.6. The molecule has 12 nitrogen and oxygen atoms in total. The summed E-state index contributed by atoms with van der Waals surface area (Å²) in [6.45, 7) is 3.73. The number of ether oxygens (including phenoxy) is 4. The highest BCUT2D eigenvalue weighted by molar-refractivity contribution is 7.16. The Balaban J connectivity index is 1.46. The molecule has 0 saturated heterocycles. The lowest BCUT2D eigenvalue weighted by molar-refractivity contribution is -0.119. The number of nitrogens with one attached hydrogen (secondary N) is 3. The fourth-order valence-electron chi connectivity index (χ4n) is 5.58. The SMILES string of the molecule is COC(=O)c1nc(NC(=O)CCCCCNc2ccc3c(cc2=O)[C@H](NC(C)=O)CCc2cc(OC)c(OC)c(OC)c2-3)sc1C.